The summed E-state index contributed by atoms with van der Waals surface area (Å²) in [6.45, 7) is 3.13. The maximum absolute atomic E-state index is 14.8. The van der Waals surface area contributed by atoms with E-state index >= 15 is 0 Å². The minimum Gasteiger partial charge on any atom is -0.480 e. The van der Waals surface area contributed by atoms with Gasteiger partial charge in [0, 0.05) is 30.8 Å². The Bertz CT molecular complexity index is 1680. The number of anilines is 2. The summed E-state index contributed by atoms with van der Waals surface area (Å²) in [7, 11) is 0. The van der Waals surface area contributed by atoms with Crippen LogP contribution in [0, 0.1) is 5.41 Å². The number of benzene rings is 3. The van der Waals surface area contributed by atoms with Gasteiger partial charge in [-0.2, -0.15) is 23.1 Å². The molecule has 0 saturated carbocycles. The number of nitrogens with two attached hydrogens (primary N) is 1. The molecule has 3 aromatic carbocycles. The fourth-order valence-corrected chi connectivity index (χ4v) is 7.01. The minimum absolute atomic E-state index is 0.0515. The van der Waals surface area contributed by atoms with Gasteiger partial charge in [-0.1, -0.05) is 79.7 Å². The number of hydrogen-bond donors (Lipinski definition) is 3. The monoisotopic (exact) mass is 631 g/mol. The van der Waals surface area contributed by atoms with E-state index in [1.54, 1.807) is 36.4 Å². The second-order valence-electron chi connectivity index (χ2n) is 12.1. The molecule has 4 aromatic rings. The average molecular weight is 632 g/mol. The summed E-state index contributed by atoms with van der Waals surface area (Å²) in [5.74, 6) is -0.963. The smallest absolute Gasteiger partial charge is 0.429 e. The van der Waals surface area contributed by atoms with E-state index < -0.39 is 24.3 Å². The molecule has 0 amide bonds. The molecule has 3 heterocycles. The number of nitrogen functional groups attached to an aromatic ring is 1. The molecule has 1 spiro atoms. The lowest BCUT2D eigenvalue weighted by molar-refractivity contribution is -0.198. The van der Waals surface area contributed by atoms with Crippen LogP contribution in [-0.4, -0.2) is 52.4 Å². The number of ether oxygens (including phenoxy) is 1. The number of nitrogens with one attached hydrogen (secondary N) is 1. The second kappa shape index (κ2) is 12.6. The second-order valence-corrected chi connectivity index (χ2v) is 12.1. The molecule has 1 aromatic heterocycles. The van der Waals surface area contributed by atoms with Crippen LogP contribution in [-0.2, 0) is 4.79 Å². The van der Waals surface area contributed by atoms with E-state index in [1.807, 2.05) is 48.2 Å². The summed E-state index contributed by atoms with van der Waals surface area (Å²) in [6.07, 6.45) is -4.35. The van der Waals surface area contributed by atoms with Crippen LogP contribution < -0.4 is 20.7 Å². The molecule has 2 unspecified atom stereocenters. The zero-order valence-electron chi connectivity index (χ0n) is 25.4. The topological polar surface area (TPSA) is 114 Å². The van der Waals surface area contributed by atoms with Gasteiger partial charge >= 0.3 is 12.1 Å². The number of nitrogens with zero attached hydrogens (tertiary/aromatic N) is 3. The molecule has 240 valence electrons. The van der Waals surface area contributed by atoms with Crippen LogP contribution in [0.15, 0.2) is 84.9 Å². The fraction of sp³-hybridized carbons (Fsp3) is 0.343. The summed E-state index contributed by atoms with van der Waals surface area (Å²) in [4.78, 5) is 22.0. The molecule has 2 saturated heterocycles. The van der Waals surface area contributed by atoms with Crippen molar-refractivity contribution in [2.24, 2.45) is 5.41 Å². The van der Waals surface area contributed by atoms with Crippen molar-refractivity contribution in [3.05, 3.63) is 90.5 Å². The molecule has 0 aliphatic carbocycles. The van der Waals surface area contributed by atoms with Crippen LogP contribution >= 0.6 is 0 Å². The number of aromatic nitrogens is 2. The zero-order valence-corrected chi connectivity index (χ0v) is 25.4. The van der Waals surface area contributed by atoms with Gasteiger partial charge in [0.2, 0.25) is 17.9 Å². The van der Waals surface area contributed by atoms with Crippen molar-refractivity contribution >= 4 is 17.7 Å². The molecule has 0 radical (unpaired) electrons. The molecule has 2 fully saturated rings. The van der Waals surface area contributed by atoms with Crippen molar-refractivity contribution in [2.75, 3.05) is 23.7 Å². The number of carbonyl (C=O) groups is 1. The van der Waals surface area contributed by atoms with Crippen molar-refractivity contribution in [1.82, 2.24) is 15.3 Å². The lowest BCUT2D eigenvalue weighted by Crippen LogP contribution is -2.46. The first kappa shape index (κ1) is 31.3. The van der Waals surface area contributed by atoms with Crippen molar-refractivity contribution in [3.8, 4) is 28.1 Å². The van der Waals surface area contributed by atoms with E-state index in [0.717, 1.165) is 17.5 Å². The fourth-order valence-electron chi connectivity index (χ4n) is 7.01. The predicted molar refractivity (Wildman–Crippen MR) is 170 cm³/mol. The summed E-state index contributed by atoms with van der Waals surface area (Å²) in [5.41, 5.74) is 8.46. The molecule has 6 rings (SSSR count). The highest BCUT2D eigenvalue weighted by atomic mass is 19.4. The Balaban J connectivity index is 1.30. The Hall–Kier alpha value is -4.64. The SMILES string of the molecule is CCC1NC(C(=O)O)CC12CCN(c1cc(O[C@H](c3ccc(-c4ccccc4)cc3-c3ccccc3)C(F)(F)F)nc(N)n1)CC2. The van der Waals surface area contributed by atoms with Gasteiger partial charge in [0.1, 0.15) is 11.9 Å². The van der Waals surface area contributed by atoms with E-state index in [4.69, 9.17) is 10.5 Å². The van der Waals surface area contributed by atoms with Gasteiger partial charge in [0.15, 0.2) is 0 Å². The number of halogens is 3. The maximum atomic E-state index is 14.8. The number of hydrogen-bond acceptors (Lipinski definition) is 7. The van der Waals surface area contributed by atoms with Gasteiger partial charge in [0.05, 0.1) is 0 Å². The molecule has 4 N–H and O–H groups in total. The van der Waals surface area contributed by atoms with Gasteiger partial charge in [-0.3, -0.25) is 4.79 Å². The number of piperidine rings is 1. The number of carboxylic acid groups (broad SMARTS) is 1. The highest BCUT2D eigenvalue weighted by Crippen LogP contribution is 2.46. The Labute approximate surface area is 265 Å². The quantitative estimate of drug-likeness (QED) is 0.193. The first-order valence-corrected chi connectivity index (χ1v) is 15.4. The van der Waals surface area contributed by atoms with Gasteiger partial charge in [-0.25, -0.2) is 0 Å². The van der Waals surface area contributed by atoms with Crippen molar-refractivity contribution < 1.29 is 27.8 Å². The molecule has 2 aliphatic heterocycles. The Morgan fingerprint density at radius 1 is 1.00 bits per heavy atom. The molecule has 46 heavy (non-hydrogen) atoms. The predicted octanol–water partition coefficient (Wildman–Crippen LogP) is 6.89. The number of alkyl halides is 3. The van der Waals surface area contributed by atoms with Crippen LogP contribution in [0.4, 0.5) is 24.9 Å². The van der Waals surface area contributed by atoms with Crippen LogP contribution in [0.2, 0.25) is 0 Å². The summed E-state index contributed by atoms with van der Waals surface area (Å²) in [5, 5.41) is 12.9. The number of aliphatic carboxylic acids is 1. The Kier molecular flexibility index (Phi) is 8.61. The number of rotatable bonds is 8. The number of carboxylic acids is 1. The van der Waals surface area contributed by atoms with E-state index in [0.29, 0.717) is 49.3 Å². The van der Waals surface area contributed by atoms with E-state index in [-0.39, 0.29) is 28.8 Å². The molecule has 3 atom stereocenters. The van der Waals surface area contributed by atoms with Crippen molar-refractivity contribution in [2.45, 2.75) is 57.0 Å². The van der Waals surface area contributed by atoms with Crippen molar-refractivity contribution in [1.29, 1.82) is 0 Å². The zero-order chi connectivity index (χ0) is 32.5. The van der Waals surface area contributed by atoms with E-state index in [9.17, 15) is 23.1 Å². The molecule has 8 nitrogen and oxygen atoms in total. The lowest BCUT2D eigenvalue weighted by Gasteiger charge is -2.43. The van der Waals surface area contributed by atoms with Crippen molar-refractivity contribution in [3.63, 3.8) is 0 Å². The highest BCUT2D eigenvalue weighted by Gasteiger charge is 2.50. The third-order valence-electron chi connectivity index (χ3n) is 9.31. The standard InChI is InChI=1S/C35H36F3N5O3/c1-2-28-34(21-27(40-28)32(44)45)15-17-43(18-16-34)29-20-30(42-33(39)41-29)46-31(35(36,37)38)25-14-13-24(22-9-5-3-6-10-22)19-26(25)23-11-7-4-8-12-23/h3-14,19-20,27-28,31,40H,2,15-18,21H2,1H3,(H,44,45)(H2,39,41,42)/t27?,28?,31-/m1/s1. The van der Waals surface area contributed by atoms with Crippen LogP contribution in [0.25, 0.3) is 22.3 Å². The summed E-state index contributed by atoms with van der Waals surface area (Å²) < 4.78 is 50.2. The first-order chi connectivity index (χ1) is 22.1. The van der Waals surface area contributed by atoms with E-state index in [1.165, 1.54) is 12.1 Å². The molecule has 0 bridgehead atoms. The minimum atomic E-state index is -4.78. The largest absolute Gasteiger partial charge is 0.480 e. The molecule has 11 heteroatoms. The summed E-state index contributed by atoms with van der Waals surface area (Å²) in [6, 6.07) is 24.1. The molecular weight excluding hydrogens is 595 g/mol. The lowest BCUT2D eigenvalue weighted by atomic mass is 9.71. The maximum Gasteiger partial charge on any atom is 0.429 e. The van der Waals surface area contributed by atoms with Crippen LogP contribution in [0.1, 0.15) is 44.3 Å². The normalized spacial score (nSPS) is 20.0. The average Bonchev–Trinajstić information content (AvgIpc) is 3.42. The highest BCUT2D eigenvalue weighted by molar-refractivity contribution is 5.76. The van der Waals surface area contributed by atoms with Crippen LogP contribution in [0.3, 0.4) is 0 Å². The third kappa shape index (κ3) is 6.37. The molecule has 2 aliphatic rings. The van der Waals surface area contributed by atoms with E-state index in [2.05, 4.69) is 15.3 Å². The summed E-state index contributed by atoms with van der Waals surface area (Å²) >= 11 is 0. The van der Waals surface area contributed by atoms with Gasteiger partial charge in [0.25, 0.3) is 0 Å². The first-order valence-electron chi connectivity index (χ1n) is 15.4. The Morgan fingerprint density at radius 3 is 2.26 bits per heavy atom. The third-order valence-corrected chi connectivity index (χ3v) is 9.31. The van der Waals surface area contributed by atoms with Gasteiger partial charge < -0.3 is 25.8 Å². The molecular formula is C35H36F3N5O3. The Morgan fingerprint density at radius 2 is 1.65 bits per heavy atom. The van der Waals surface area contributed by atoms with Gasteiger partial charge in [-0.15, -0.1) is 0 Å². The van der Waals surface area contributed by atoms with Crippen LogP contribution in [0.5, 0.6) is 5.88 Å². The van der Waals surface area contributed by atoms with Gasteiger partial charge in [-0.05, 0) is 59.4 Å².